The van der Waals surface area contributed by atoms with Crippen molar-refractivity contribution < 1.29 is 9.18 Å². The summed E-state index contributed by atoms with van der Waals surface area (Å²) in [5.74, 6) is -0.519. The Hall–Kier alpha value is -0.890. The fourth-order valence-electron chi connectivity index (χ4n) is 1.18. The van der Waals surface area contributed by atoms with Crippen LogP contribution >= 0.6 is 11.6 Å². The van der Waals surface area contributed by atoms with Crippen LogP contribution in [0.15, 0.2) is 18.2 Å². The lowest BCUT2D eigenvalue weighted by molar-refractivity contribution is -0.120. The van der Waals surface area contributed by atoms with E-state index in [0.717, 1.165) is 0 Å². The number of carbonyl (C=O) groups is 1. The van der Waals surface area contributed by atoms with Crippen LogP contribution in [-0.4, -0.2) is 5.78 Å². The average molecular weight is 215 g/mol. The van der Waals surface area contributed by atoms with Crippen LogP contribution in [0.2, 0.25) is 5.02 Å². The molecule has 0 saturated heterocycles. The first kappa shape index (κ1) is 11.2. The molecule has 1 aromatic carbocycles. The molecule has 0 aliphatic carbocycles. The quantitative estimate of drug-likeness (QED) is 0.755. The Morgan fingerprint density at radius 1 is 1.57 bits per heavy atom. The summed E-state index contributed by atoms with van der Waals surface area (Å²) < 4.78 is 13.4. The summed E-state index contributed by atoms with van der Waals surface area (Å²) >= 11 is 5.62. The lowest BCUT2D eigenvalue weighted by atomic mass is 9.98. The molecule has 1 rings (SSSR count). The maximum atomic E-state index is 13.4. The Balaban J connectivity index is 2.87. The lowest BCUT2D eigenvalue weighted by Gasteiger charge is -2.08. The largest absolute Gasteiger partial charge is 0.300 e. The third-order valence-corrected chi connectivity index (χ3v) is 2.54. The molecule has 1 aromatic rings. The Morgan fingerprint density at radius 3 is 2.79 bits per heavy atom. The first-order chi connectivity index (χ1) is 6.52. The summed E-state index contributed by atoms with van der Waals surface area (Å²) in [6.45, 7) is 3.29. The smallest absolute Gasteiger partial charge is 0.144 e. The van der Waals surface area contributed by atoms with Crippen molar-refractivity contribution in [1.29, 1.82) is 0 Å². The second-order valence-electron chi connectivity index (χ2n) is 3.43. The Labute approximate surface area is 87.9 Å². The predicted octanol–water partition coefficient (Wildman–Crippen LogP) is 3.25. The third-order valence-electron chi connectivity index (χ3n) is 2.25. The van der Waals surface area contributed by atoms with Crippen LogP contribution in [0.4, 0.5) is 4.39 Å². The fourth-order valence-corrected chi connectivity index (χ4v) is 1.37. The van der Waals surface area contributed by atoms with Crippen molar-refractivity contribution in [1.82, 2.24) is 0 Å². The van der Waals surface area contributed by atoms with Crippen LogP contribution in [-0.2, 0) is 11.2 Å². The third kappa shape index (κ3) is 2.55. The van der Waals surface area contributed by atoms with Gasteiger partial charge in [0.25, 0.3) is 0 Å². The molecular formula is C11H12ClFO. The van der Waals surface area contributed by atoms with Gasteiger partial charge < -0.3 is 0 Å². The minimum absolute atomic E-state index is 0.0596. The number of Topliss-reactive ketones (excluding diaryl/α,β-unsaturated/α-hetero) is 1. The molecule has 0 amide bonds. The molecule has 0 aliphatic heterocycles. The summed E-state index contributed by atoms with van der Waals surface area (Å²) in [5, 5.41) is 0.109. The van der Waals surface area contributed by atoms with Crippen molar-refractivity contribution in [3.05, 3.63) is 34.6 Å². The molecule has 1 nitrogen and oxygen atoms in total. The van der Waals surface area contributed by atoms with Crippen LogP contribution in [0.1, 0.15) is 19.4 Å². The summed E-state index contributed by atoms with van der Waals surface area (Å²) in [6.07, 6.45) is 0.404. The van der Waals surface area contributed by atoms with E-state index in [4.69, 9.17) is 11.6 Å². The van der Waals surface area contributed by atoms with E-state index in [1.54, 1.807) is 19.1 Å². The van der Waals surface area contributed by atoms with E-state index in [-0.39, 0.29) is 16.7 Å². The molecule has 0 fully saturated rings. The van der Waals surface area contributed by atoms with Gasteiger partial charge in [0.2, 0.25) is 0 Å². The van der Waals surface area contributed by atoms with Crippen LogP contribution in [0.25, 0.3) is 0 Å². The number of hydrogen-bond acceptors (Lipinski definition) is 1. The SMILES string of the molecule is CC(=O)C(C)Cc1cccc(Cl)c1F. The summed E-state index contributed by atoms with van der Waals surface area (Å²) in [7, 11) is 0. The predicted molar refractivity (Wildman–Crippen MR) is 55.0 cm³/mol. The topological polar surface area (TPSA) is 17.1 Å². The van der Waals surface area contributed by atoms with Crippen molar-refractivity contribution in [2.24, 2.45) is 5.92 Å². The Kier molecular flexibility index (Phi) is 3.64. The lowest BCUT2D eigenvalue weighted by Crippen LogP contribution is -2.10. The first-order valence-electron chi connectivity index (χ1n) is 4.45. The summed E-state index contributed by atoms with van der Waals surface area (Å²) in [6, 6.07) is 4.84. The van der Waals surface area contributed by atoms with Gasteiger partial charge in [0.05, 0.1) is 5.02 Å². The minimum atomic E-state index is -0.415. The van der Waals surface area contributed by atoms with Gasteiger partial charge in [0.1, 0.15) is 11.6 Å². The number of carbonyl (C=O) groups excluding carboxylic acids is 1. The molecule has 1 atom stereocenters. The highest BCUT2D eigenvalue weighted by molar-refractivity contribution is 6.30. The van der Waals surface area contributed by atoms with Crippen molar-refractivity contribution in [2.75, 3.05) is 0 Å². The molecule has 0 heterocycles. The van der Waals surface area contributed by atoms with Crippen molar-refractivity contribution in [3.63, 3.8) is 0 Å². The maximum absolute atomic E-state index is 13.4. The van der Waals surface area contributed by atoms with Crippen LogP contribution < -0.4 is 0 Å². The fraction of sp³-hybridized carbons (Fsp3) is 0.364. The van der Waals surface area contributed by atoms with Gasteiger partial charge in [-0.05, 0) is 25.0 Å². The minimum Gasteiger partial charge on any atom is -0.300 e. The van der Waals surface area contributed by atoms with Gasteiger partial charge in [-0.2, -0.15) is 0 Å². The summed E-state index contributed by atoms with van der Waals surface area (Å²) in [4.78, 5) is 11.0. The number of benzene rings is 1. The zero-order valence-electron chi connectivity index (χ0n) is 8.18. The van der Waals surface area contributed by atoms with E-state index < -0.39 is 5.82 Å². The van der Waals surface area contributed by atoms with E-state index in [1.165, 1.54) is 13.0 Å². The summed E-state index contributed by atoms with van der Waals surface area (Å²) in [5.41, 5.74) is 0.500. The van der Waals surface area contributed by atoms with E-state index in [9.17, 15) is 9.18 Å². The molecule has 0 N–H and O–H groups in total. The molecule has 1 unspecified atom stereocenters. The molecule has 0 radical (unpaired) electrons. The second kappa shape index (κ2) is 4.56. The Bertz CT molecular complexity index is 349. The second-order valence-corrected chi connectivity index (χ2v) is 3.84. The molecular weight excluding hydrogens is 203 g/mol. The molecule has 76 valence electrons. The number of rotatable bonds is 3. The van der Waals surface area contributed by atoms with Crippen molar-refractivity contribution in [3.8, 4) is 0 Å². The highest BCUT2D eigenvalue weighted by atomic mass is 35.5. The number of halogens is 2. The molecule has 14 heavy (non-hydrogen) atoms. The standard InChI is InChI=1S/C11H12ClFO/c1-7(8(2)14)6-9-4-3-5-10(12)11(9)13/h3-5,7H,6H2,1-2H3. The first-order valence-corrected chi connectivity index (χ1v) is 4.83. The van der Waals surface area contributed by atoms with Gasteiger partial charge in [0.15, 0.2) is 0 Å². The van der Waals surface area contributed by atoms with Gasteiger partial charge in [-0.1, -0.05) is 30.7 Å². The van der Waals surface area contributed by atoms with E-state index in [2.05, 4.69) is 0 Å². The van der Waals surface area contributed by atoms with Gasteiger partial charge in [0, 0.05) is 5.92 Å². The van der Waals surface area contributed by atoms with Crippen molar-refractivity contribution in [2.45, 2.75) is 20.3 Å². The number of hydrogen-bond donors (Lipinski definition) is 0. The zero-order valence-corrected chi connectivity index (χ0v) is 8.94. The molecule has 0 aromatic heterocycles. The van der Waals surface area contributed by atoms with Crippen molar-refractivity contribution >= 4 is 17.4 Å². The normalized spacial score (nSPS) is 12.6. The van der Waals surface area contributed by atoms with Gasteiger partial charge >= 0.3 is 0 Å². The van der Waals surface area contributed by atoms with Crippen LogP contribution in [0.5, 0.6) is 0 Å². The van der Waals surface area contributed by atoms with Crippen LogP contribution in [0, 0.1) is 11.7 Å². The highest BCUT2D eigenvalue weighted by Gasteiger charge is 2.12. The van der Waals surface area contributed by atoms with Gasteiger partial charge in [-0.3, -0.25) is 4.79 Å². The van der Waals surface area contributed by atoms with Gasteiger partial charge in [-0.15, -0.1) is 0 Å². The van der Waals surface area contributed by atoms with Crippen LogP contribution in [0.3, 0.4) is 0 Å². The van der Waals surface area contributed by atoms with E-state index in [0.29, 0.717) is 12.0 Å². The molecule has 0 saturated carbocycles. The molecule has 0 bridgehead atoms. The molecule has 0 aliphatic rings. The number of ketones is 1. The maximum Gasteiger partial charge on any atom is 0.144 e. The zero-order chi connectivity index (χ0) is 10.7. The van der Waals surface area contributed by atoms with E-state index in [1.807, 2.05) is 0 Å². The highest BCUT2D eigenvalue weighted by Crippen LogP contribution is 2.20. The van der Waals surface area contributed by atoms with Gasteiger partial charge in [-0.25, -0.2) is 4.39 Å². The van der Waals surface area contributed by atoms with E-state index >= 15 is 0 Å². The monoisotopic (exact) mass is 214 g/mol. The Morgan fingerprint density at radius 2 is 2.21 bits per heavy atom. The molecule has 3 heteroatoms. The average Bonchev–Trinajstić information content (AvgIpc) is 2.12. The molecule has 0 spiro atoms.